The van der Waals surface area contributed by atoms with Crippen LogP contribution in [-0.2, 0) is 28.6 Å². The second-order valence-corrected chi connectivity index (χ2v) is 7.17. The molecule has 0 aromatic rings. The minimum Gasteiger partial charge on any atom is -0.442 e. The highest BCUT2D eigenvalue weighted by atomic mass is 16.8. The second-order valence-electron chi connectivity index (χ2n) is 7.17. The molecule has 0 aromatic heterocycles. The first-order valence-electron chi connectivity index (χ1n) is 10.4. The molecule has 8 heteroatoms. The maximum Gasteiger partial charge on any atom is 0.396 e. The van der Waals surface area contributed by atoms with Crippen molar-refractivity contribution in [2.24, 2.45) is 0 Å². The molecule has 1 aliphatic rings. The number of carbonyl (C=O) groups excluding carboxylic acids is 3. The summed E-state index contributed by atoms with van der Waals surface area (Å²) in [5, 5.41) is 18.3. The number of ether oxygens (including phenoxy) is 3. The van der Waals surface area contributed by atoms with Gasteiger partial charge in [0.25, 0.3) is 0 Å². The van der Waals surface area contributed by atoms with Crippen LogP contribution >= 0.6 is 0 Å². The number of aliphatic hydroxyl groups is 2. The number of unbranched alkanes of at least 4 members (excludes halogenated alkanes) is 10. The maximum absolute atomic E-state index is 12.0. The summed E-state index contributed by atoms with van der Waals surface area (Å²) in [6, 6.07) is 0. The van der Waals surface area contributed by atoms with Crippen LogP contribution in [0, 0.1) is 0 Å². The number of aliphatic hydroxyl groups excluding tert-OH is 2. The van der Waals surface area contributed by atoms with E-state index < -0.39 is 43.0 Å². The largest absolute Gasteiger partial charge is 0.442 e. The predicted octanol–water partition coefficient (Wildman–Crippen LogP) is 2.38. The molecule has 8 nitrogen and oxygen atoms in total. The summed E-state index contributed by atoms with van der Waals surface area (Å²) in [7, 11) is 0. The third-order valence-corrected chi connectivity index (χ3v) is 4.73. The third kappa shape index (κ3) is 8.14. The molecule has 1 rings (SSSR count). The van der Waals surface area contributed by atoms with Crippen LogP contribution in [0.15, 0.2) is 0 Å². The molecular formula is C20H34O8. The summed E-state index contributed by atoms with van der Waals surface area (Å²) < 4.78 is 14.3. The Morgan fingerprint density at radius 2 is 1.50 bits per heavy atom. The molecule has 0 aromatic carbocycles. The standard InChI is InChI=1S/C20H34O8/c1-2-3-4-5-6-7-8-9-10-11-12-13-17(23)27-20(15-22)19(25)26-16(14-21)18(24)28-20/h16,21-22H,2-15H2,1H3. The molecule has 0 bridgehead atoms. The predicted molar refractivity (Wildman–Crippen MR) is 100 cm³/mol. The molecule has 162 valence electrons. The quantitative estimate of drug-likeness (QED) is 0.316. The molecule has 0 radical (unpaired) electrons. The average molecular weight is 402 g/mol. The Bertz CT molecular complexity index is 493. The molecule has 2 unspecified atom stereocenters. The van der Waals surface area contributed by atoms with Gasteiger partial charge in [0.2, 0.25) is 6.10 Å². The van der Waals surface area contributed by atoms with E-state index in [4.69, 9.17) is 14.6 Å². The topological polar surface area (TPSA) is 119 Å². The lowest BCUT2D eigenvalue weighted by molar-refractivity contribution is -0.271. The van der Waals surface area contributed by atoms with Crippen LogP contribution in [0.2, 0.25) is 0 Å². The molecule has 1 saturated heterocycles. The molecule has 2 atom stereocenters. The summed E-state index contributed by atoms with van der Waals surface area (Å²) in [6.07, 6.45) is 11.1. The third-order valence-electron chi connectivity index (χ3n) is 4.73. The first kappa shape index (κ1) is 24.4. The fourth-order valence-electron chi connectivity index (χ4n) is 3.01. The lowest BCUT2D eigenvalue weighted by atomic mass is 10.1. The average Bonchev–Trinajstić information content (AvgIpc) is 2.68. The zero-order chi connectivity index (χ0) is 20.8. The molecule has 1 heterocycles. The van der Waals surface area contributed by atoms with Gasteiger partial charge in [0.1, 0.15) is 6.61 Å². The van der Waals surface area contributed by atoms with E-state index in [-0.39, 0.29) is 6.42 Å². The number of hydrogen-bond donors (Lipinski definition) is 2. The lowest BCUT2D eigenvalue weighted by Gasteiger charge is -2.34. The van der Waals surface area contributed by atoms with Crippen molar-refractivity contribution in [1.29, 1.82) is 0 Å². The van der Waals surface area contributed by atoms with Gasteiger partial charge in [0, 0.05) is 6.42 Å². The van der Waals surface area contributed by atoms with Crippen molar-refractivity contribution in [3.05, 3.63) is 0 Å². The number of hydrogen-bond acceptors (Lipinski definition) is 8. The molecule has 28 heavy (non-hydrogen) atoms. The summed E-state index contributed by atoms with van der Waals surface area (Å²) in [4.78, 5) is 35.5. The van der Waals surface area contributed by atoms with Gasteiger partial charge < -0.3 is 24.4 Å². The SMILES string of the molecule is CCCCCCCCCCCCCC(=O)OC1(CO)OC(=O)C(CO)OC1=O. The molecule has 0 saturated carbocycles. The van der Waals surface area contributed by atoms with Crippen LogP contribution in [0.3, 0.4) is 0 Å². The number of rotatable bonds is 15. The van der Waals surface area contributed by atoms with Gasteiger partial charge in [-0.15, -0.1) is 0 Å². The Labute approximate surface area is 166 Å². The van der Waals surface area contributed by atoms with Gasteiger partial charge in [0.05, 0.1) is 6.61 Å². The van der Waals surface area contributed by atoms with Crippen molar-refractivity contribution < 1.29 is 38.8 Å². The van der Waals surface area contributed by atoms with Gasteiger partial charge >= 0.3 is 23.7 Å². The smallest absolute Gasteiger partial charge is 0.396 e. The Morgan fingerprint density at radius 1 is 0.964 bits per heavy atom. The van der Waals surface area contributed by atoms with Crippen LogP contribution in [0.25, 0.3) is 0 Å². The van der Waals surface area contributed by atoms with Gasteiger partial charge in [-0.1, -0.05) is 71.1 Å². The van der Waals surface area contributed by atoms with Crippen LogP contribution < -0.4 is 0 Å². The summed E-state index contributed by atoms with van der Waals surface area (Å²) >= 11 is 0. The van der Waals surface area contributed by atoms with Crippen molar-refractivity contribution >= 4 is 17.9 Å². The number of cyclic esters (lactones) is 2. The minimum atomic E-state index is -2.47. The summed E-state index contributed by atoms with van der Waals surface area (Å²) in [5.41, 5.74) is 0. The second kappa shape index (κ2) is 13.5. The van der Waals surface area contributed by atoms with Crippen molar-refractivity contribution in [1.82, 2.24) is 0 Å². The maximum atomic E-state index is 12.0. The summed E-state index contributed by atoms with van der Waals surface area (Å²) in [6.45, 7) is 0.415. The minimum absolute atomic E-state index is 0.0486. The van der Waals surface area contributed by atoms with E-state index >= 15 is 0 Å². The summed E-state index contributed by atoms with van der Waals surface area (Å²) in [5.74, 6) is -5.51. The van der Waals surface area contributed by atoms with E-state index in [9.17, 15) is 19.5 Å². The van der Waals surface area contributed by atoms with E-state index in [1.54, 1.807) is 0 Å². The molecule has 0 amide bonds. The van der Waals surface area contributed by atoms with Crippen LogP contribution in [-0.4, -0.2) is 53.2 Å². The Morgan fingerprint density at radius 3 is 2.00 bits per heavy atom. The number of carbonyl (C=O) groups is 3. The van der Waals surface area contributed by atoms with Gasteiger partial charge in [0.15, 0.2) is 0 Å². The highest BCUT2D eigenvalue weighted by molar-refractivity contribution is 5.91. The van der Waals surface area contributed by atoms with E-state index in [0.29, 0.717) is 6.42 Å². The zero-order valence-corrected chi connectivity index (χ0v) is 16.8. The highest BCUT2D eigenvalue weighted by Crippen LogP contribution is 2.24. The van der Waals surface area contributed by atoms with Gasteiger partial charge in [-0.2, -0.15) is 0 Å². The Kier molecular flexibility index (Phi) is 11.7. The highest BCUT2D eigenvalue weighted by Gasteiger charge is 2.54. The molecule has 2 N–H and O–H groups in total. The van der Waals surface area contributed by atoms with Gasteiger partial charge in [-0.3, -0.25) is 4.79 Å². The lowest BCUT2D eigenvalue weighted by Crippen LogP contribution is -2.59. The molecule has 0 spiro atoms. The van der Waals surface area contributed by atoms with E-state index in [1.165, 1.54) is 44.9 Å². The van der Waals surface area contributed by atoms with E-state index in [1.807, 2.05) is 0 Å². The normalized spacial score (nSPS) is 21.9. The van der Waals surface area contributed by atoms with Crippen molar-refractivity contribution in [3.8, 4) is 0 Å². The Balaban J connectivity index is 2.18. The van der Waals surface area contributed by atoms with E-state index in [2.05, 4.69) is 11.7 Å². The molecule has 1 fully saturated rings. The Hall–Kier alpha value is -1.67. The first-order chi connectivity index (χ1) is 13.5. The fourth-order valence-corrected chi connectivity index (χ4v) is 3.01. The van der Waals surface area contributed by atoms with Crippen LogP contribution in [0.4, 0.5) is 0 Å². The van der Waals surface area contributed by atoms with Crippen molar-refractivity contribution in [3.63, 3.8) is 0 Å². The van der Waals surface area contributed by atoms with Gasteiger partial charge in [-0.05, 0) is 6.42 Å². The van der Waals surface area contributed by atoms with E-state index in [0.717, 1.165) is 19.3 Å². The van der Waals surface area contributed by atoms with Crippen LogP contribution in [0.1, 0.15) is 84.0 Å². The monoisotopic (exact) mass is 402 g/mol. The van der Waals surface area contributed by atoms with Crippen molar-refractivity contribution in [2.45, 2.75) is 95.9 Å². The molecular weight excluding hydrogens is 368 g/mol. The first-order valence-corrected chi connectivity index (χ1v) is 10.4. The number of esters is 3. The van der Waals surface area contributed by atoms with Crippen LogP contribution in [0.5, 0.6) is 0 Å². The zero-order valence-electron chi connectivity index (χ0n) is 16.8. The fraction of sp³-hybridized carbons (Fsp3) is 0.850. The van der Waals surface area contributed by atoms with Gasteiger partial charge in [-0.25, -0.2) is 9.59 Å². The molecule has 0 aliphatic carbocycles. The molecule has 1 aliphatic heterocycles. The van der Waals surface area contributed by atoms with Crippen molar-refractivity contribution in [2.75, 3.05) is 13.2 Å².